The average molecular weight is 381 g/mol. The number of rotatable bonds is 3. The molecule has 3 rings (SSSR count). The summed E-state index contributed by atoms with van der Waals surface area (Å²) in [6.07, 6.45) is 1.46. The maximum absolute atomic E-state index is 12.6. The Labute approximate surface area is 154 Å². The second-order valence-corrected chi connectivity index (χ2v) is 10.1. The van der Waals surface area contributed by atoms with Crippen molar-refractivity contribution in [3.8, 4) is 0 Å². The van der Waals surface area contributed by atoms with E-state index in [1.54, 1.807) is 4.90 Å². The van der Waals surface area contributed by atoms with Gasteiger partial charge in [0.1, 0.15) is 5.60 Å². The van der Waals surface area contributed by atoms with E-state index in [1.807, 2.05) is 45.0 Å². The summed E-state index contributed by atoms with van der Waals surface area (Å²) in [5.41, 5.74) is 0.443. The van der Waals surface area contributed by atoms with Crippen molar-refractivity contribution in [2.24, 2.45) is 5.92 Å². The second kappa shape index (κ2) is 7.41. The first-order valence-electron chi connectivity index (χ1n) is 8.54. The fraction of sp³-hybridized carbons (Fsp3) is 0.556. The SMILES string of the molecule is CC(C)(C)OC(=O)N1CCC(C[S@@](=O)c2nc3ccccc3s2)CC1. The molecule has 0 radical (unpaired) electrons. The van der Waals surface area contributed by atoms with Crippen LogP contribution in [0.5, 0.6) is 0 Å². The van der Waals surface area contributed by atoms with Crippen LogP contribution in [0, 0.1) is 5.92 Å². The fourth-order valence-electron chi connectivity index (χ4n) is 2.84. The number of piperidine rings is 1. The molecular weight excluding hydrogens is 356 g/mol. The molecule has 1 amide bonds. The highest BCUT2D eigenvalue weighted by Gasteiger charge is 2.28. The normalized spacial score (nSPS) is 17.6. The highest BCUT2D eigenvalue weighted by Crippen LogP contribution is 2.27. The molecule has 1 saturated heterocycles. The molecule has 0 unspecified atom stereocenters. The maximum atomic E-state index is 12.6. The molecule has 0 saturated carbocycles. The van der Waals surface area contributed by atoms with E-state index in [2.05, 4.69) is 4.98 Å². The van der Waals surface area contributed by atoms with Gasteiger partial charge in [-0.05, 0) is 51.7 Å². The number of likely N-dealkylation sites (tertiary alicyclic amines) is 1. The van der Waals surface area contributed by atoms with Crippen LogP contribution in [0.25, 0.3) is 10.2 Å². The summed E-state index contributed by atoms with van der Waals surface area (Å²) in [5.74, 6) is 0.966. The molecule has 0 N–H and O–H groups in total. The van der Waals surface area contributed by atoms with Gasteiger partial charge >= 0.3 is 6.09 Å². The van der Waals surface area contributed by atoms with Gasteiger partial charge in [0.15, 0.2) is 4.34 Å². The number of fused-ring (bicyclic) bond motifs is 1. The van der Waals surface area contributed by atoms with Crippen LogP contribution in [0.3, 0.4) is 0 Å². The number of carbonyl (C=O) groups is 1. The lowest BCUT2D eigenvalue weighted by Gasteiger charge is -2.33. The predicted molar refractivity (Wildman–Crippen MR) is 101 cm³/mol. The minimum Gasteiger partial charge on any atom is -0.444 e. The van der Waals surface area contributed by atoms with E-state index in [-0.39, 0.29) is 6.09 Å². The Balaban J connectivity index is 1.53. The van der Waals surface area contributed by atoms with E-state index in [9.17, 15) is 9.00 Å². The third-order valence-corrected chi connectivity index (χ3v) is 7.02. The summed E-state index contributed by atoms with van der Waals surface area (Å²) in [5, 5.41) is 0. The number of hydrogen-bond acceptors (Lipinski definition) is 5. The molecular formula is C18H24N2O3S2. The molecule has 136 valence electrons. The molecule has 1 aromatic carbocycles. The average Bonchev–Trinajstić information content (AvgIpc) is 2.98. The quantitative estimate of drug-likeness (QED) is 0.806. The summed E-state index contributed by atoms with van der Waals surface area (Å²) in [4.78, 5) is 18.3. The number of carbonyl (C=O) groups excluding carboxylic acids is 1. The van der Waals surface area contributed by atoms with Crippen molar-refractivity contribution in [2.45, 2.75) is 43.6 Å². The Morgan fingerprint density at radius 1 is 1.32 bits per heavy atom. The highest BCUT2D eigenvalue weighted by molar-refractivity contribution is 7.87. The van der Waals surface area contributed by atoms with Crippen LogP contribution in [0.1, 0.15) is 33.6 Å². The fourth-order valence-corrected chi connectivity index (χ4v) is 5.49. The first-order chi connectivity index (χ1) is 11.8. The Morgan fingerprint density at radius 2 is 2.00 bits per heavy atom. The topological polar surface area (TPSA) is 59.5 Å². The number of thiazole rings is 1. The van der Waals surface area contributed by atoms with E-state index >= 15 is 0 Å². The zero-order valence-electron chi connectivity index (χ0n) is 14.9. The number of benzene rings is 1. The standard InChI is InChI=1S/C18H24N2O3S2/c1-18(2,3)23-17(21)20-10-8-13(9-11-20)12-25(22)16-19-14-6-4-5-7-15(14)24-16/h4-7,13H,8-12H2,1-3H3/t25-/m1/s1. The van der Waals surface area contributed by atoms with Gasteiger partial charge in [0.2, 0.25) is 0 Å². The van der Waals surface area contributed by atoms with Crippen molar-refractivity contribution < 1.29 is 13.7 Å². The van der Waals surface area contributed by atoms with E-state index in [1.165, 1.54) is 11.3 Å². The van der Waals surface area contributed by atoms with E-state index in [0.717, 1.165) is 23.1 Å². The smallest absolute Gasteiger partial charge is 0.410 e. The molecule has 2 aromatic rings. The van der Waals surface area contributed by atoms with Crippen molar-refractivity contribution in [1.82, 2.24) is 9.88 Å². The summed E-state index contributed by atoms with van der Waals surface area (Å²) in [6, 6.07) is 7.87. The lowest BCUT2D eigenvalue weighted by Crippen LogP contribution is -2.42. The molecule has 7 heteroatoms. The molecule has 1 fully saturated rings. The van der Waals surface area contributed by atoms with Crippen molar-refractivity contribution in [1.29, 1.82) is 0 Å². The number of hydrogen-bond donors (Lipinski definition) is 0. The van der Waals surface area contributed by atoms with Gasteiger partial charge in [-0.1, -0.05) is 12.1 Å². The van der Waals surface area contributed by atoms with Crippen LogP contribution in [0.2, 0.25) is 0 Å². The molecule has 0 spiro atoms. The number of nitrogens with zero attached hydrogens (tertiary/aromatic N) is 2. The summed E-state index contributed by atoms with van der Waals surface area (Å²) < 4.78 is 19.8. The number of aromatic nitrogens is 1. The molecule has 0 bridgehead atoms. The van der Waals surface area contributed by atoms with Gasteiger partial charge in [0, 0.05) is 18.8 Å². The van der Waals surface area contributed by atoms with Crippen molar-refractivity contribution in [2.75, 3.05) is 18.8 Å². The van der Waals surface area contributed by atoms with Crippen LogP contribution < -0.4 is 0 Å². The van der Waals surface area contributed by atoms with E-state index in [4.69, 9.17) is 4.74 Å². The van der Waals surface area contributed by atoms with Crippen molar-refractivity contribution in [3.63, 3.8) is 0 Å². The van der Waals surface area contributed by atoms with Gasteiger partial charge in [-0.15, -0.1) is 11.3 Å². The number of amides is 1. The molecule has 1 aliphatic rings. The van der Waals surface area contributed by atoms with Crippen LogP contribution in [-0.2, 0) is 15.5 Å². The summed E-state index contributed by atoms with van der Waals surface area (Å²) in [7, 11) is -1.08. The van der Waals surface area contributed by atoms with E-state index in [0.29, 0.717) is 29.1 Å². The lowest BCUT2D eigenvalue weighted by atomic mass is 9.99. The lowest BCUT2D eigenvalue weighted by molar-refractivity contribution is 0.0191. The largest absolute Gasteiger partial charge is 0.444 e. The first kappa shape index (κ1) is 18.3. The molecule has 5 nitrogen and oxygen atoms in total. The first-order valence-corrected chi connectivity index (χ1v) is 10.7. The van der Waals surface area contributed by atoms with Gasteiger partial charge in [-0.2, -0.15) is 0 Å². The van der Waals surface area contributed by atoms with Crippen LogP contribution in [-0.4, -0.2) is 44.6 Å². The highest BCUT2D eigenvalue weighted by atomic mass is 32.2. The Hall–Kier alpha value is -1.47. The molecule has 1 atom stereocenters. The van der Waals surface area contributed by atoms with Gasteiger partial charge in [0.25, 0.3) is 0 Å². The minimum absolute atomic E-state index is 0.252. The third-order valence-electron chi connectivity index (χ3n) is 4.12. The zero-order valence-corrected chi connectivity index (χ0v) is 16.5. The summed E-state index contributed by atoms with van der Waals surface area (Å²) in [6.45, 7) is 6.95. The van der Waals surface area contributed by atoms with Crippen LogP contribution in [0.15, 0.2) is 28.6 Å². The third kappa shape index (κ3) is 4.79. The summed E-state index contributed by atoms with van der Waals surface area (Å²) >= 11 is 1.51. The minimum atomic E-state index is -1.08. The number of ether oxygens (including phenoxy) is 1. The Kier molecular flexibility index (Phi) is 5.43. The second-order valence-electron chi connectivity index (χ2n) is 7.37. The molecule has 1 aromatic heterocycles. The monoisotopic (exact) mass is 380 g/mol. The van der Waals surface area contributed by atoms with Gasteiger partial charge < -0.3 is 9.64 Å². The predicted octanol–water partition coefficient (Wildman–Crippen LogP) is 4.05. The Morgan fingerprint density at radius 3 is 2.64 bits per heavy atom. The van der Waals surface area contributed by atoms with Gasteiger partial charge in [-0.3, -0.25) is 4.21 Å². The maximum Gasteiger partial charge on any atom is 0.410 e. The van der Waals surface area contributed by atoms with Gasteiger partial charge in [0.05, 0.1) is 21.0 Å². The van der Waals surface area contributed by atoms with Crippen LogP contribution in [0.4, 0.5) is 4.79 Å². The van der Waals surface area contributed by atoms with Gasteiger partial charge in [-0.25, -0.2) is 9.78 Å². The molecule has 0 aliphatic carbocycles. The number of para-hydroxylation sites is 1. The van der Waals surface area contributed by atoms with Crippen molar-refractivity contribution >= 4 is 38.4 Å². The zero-order chi connectivity index (χ0) is 18.0. The van der Waals surface area contributed by atoms with E-state index < -0.39 is 16.4 Å². The molecule has 25 heavy (non-hydrogen) atoms. The van der Waals surface area contributed by atoms with Crippen LogP contribution >= 0.6 is 11.3 Å². The van der Waals surface area contributed by atoms with Crippen molar-refractivity contribution in [3.05, 3.63) is 24.3 Å². The molecule has 1 aliphatic heterocycles. The molecule has 2 heterocycles. The Bertz CT molecular complexity index is 741.